The summed E-state index contributed by atoms with van der Waals surface area (Å²) in [5.41, 5.74) is -1.57. The number of pyridine rings is 1. The molecule has 2 aromatic carbocycles. The van der Waals surface area contributed by atoms with Crippen molar-refractivity contribution in [2.45, 2.75) is 19.5 Å². The molecule has 0 radical (unpaired) electrons. The number of anilines is 1. The van der Waals surface area contributed by atoms with E-state index in [1.54, 1.807) is 24.3 Å². The highest BCUT2D eigenvalue weighted by Gasteiger charge is 2.31. The van der Waals surface area contributed by atoms with E-state index in [0.29, 0.717) is 17.2 Å². The van der Waals surface area contributed by atoms with Gasteiger partial charge in [-0.2, -0.15) is 13.2 Å². The number of amides is 1. The predicted molar refractivity (Wildman–Crippen MR) is 99.8 cm³/mol. The number of fused-ring (bicyclic) bond motifs is 1. The zero-order valence-corrected chi connectivity index (χ0v) is 14.9. The number of benzene rings is 2. The number of ether oxygens (including phenoxy) is 1. The van der Waals surface area contributed by atoms with Gasteiger partial charge in [-0.05, 0) is 42.1 Å². The molecule has 1 heterocycles. The van der Waals surface area contributed by atoms with Gasteiger partial charge in [0.2, 0.25) is 0 Å². The monoisotopic (exact) mass is 390 g/mol. The third-order valence-corrected chi connectivity index (χ3v) is 4.01. The second-order valence-electron chi connectivity index (χ2n) is 6.11. The fourth-order valence-electron chi connectivity index (χ4n) is 2.66. The molecule has 3 aromatic rings. The molecule has 0 spiro atoms. The third kappa shape index (κ3) is 4.16. The van der Waals surface area contributed by atoms with Gasteiger partial charge in [-0.1, -0.05) is 25.1 Å². The number of hydrogen-bond acceptors (Lipinski definition) is 3. The lowest BCUT2D eigenvalue weighted by Crippen LogP contribution is -2.19. The standard InChI is InChI=1S/C20H17F3N2O3/c1-2-9-28-17-8-7-13(20(21,22)23)11-15(17)24-19(27)16-10-12-5-3-4-6-14(12)18(26)25-16/h3-8,10-11H,2,9H2,1H3,(H,24,27)(H,25,26). The van der Waals surface area contributed by atoms with Gasteiger partial charge in [0.15, 0.2) is 0 Å². The number of H-pyrrole nitrogens is 1. The normalized spacial score (nSPS) is 11.4. The largest absolute Gasteiger partial charge is 0.491 e. The van der Waals surface area contributed by atoms with Crippen molar-refractivity contribution in [3.05, 3.63) is 70.1 Å². The molecule has 28 heavy (non-hydrogen) atoms. The molecule has 3 rings (SSSR count). The van der Waals surface area contributed by atoms with Gasteiger partial charge in [0.05, 0.1) is 17.9 Å². The van der Waals surface area contributed by atoms with Crippen LogP contribution < -0.4 is 15.6 Å². The lowest BCUT2D eigenvalue weighted by Gasteiger charge is -2.15. The van der Waals surface area contributed by atoms with Crippen molar-refractivity contribution in [2.75, 3.05) is 11.9 Å². The number of rotatable bonds is 5. The van der Waals surface area contributed by atoms with E-state index >= 15 is 0 Å². The number of nitrogens with one attached hydrogen (secondary N) is 2. The second kappa shape index (κ2) is 7.75. The van der Waals surface area contributed by atoms with Crippen molar-refractivity contribution in [3.63, 3.8) is 0 Å². The summed E-state index contributed by atoms with van der Waals surface area (Å²) in [6.45, 7) is 2.13. The Morgan fingerprint density at radius 1 is 1.14 bits per heavy atom. The minimum atomic E-state index is -4.57. The maximum atomic E-state index is 13.0. The Labute approximate surface area is 158 Å². The maximum Gasteiger partial charge on any atom is 0.416 e. The number of hydrogen-bond donors (Lipinski definition) is 2. The smallest absolute Gasteiger partial charge is 0.416 e. The maximum absolute atomic E-state index is 13.0. The lowest BCUT2D eigenvalue weighted by molar-refractivity contribution is -0.137. The van der Waals surface area contributed by atoms with Gasteiger partial charge in [-0.3, -0.25) is 9.59 Å². The first-order valence-electron chi connectivity index (χ1n) is 8.57. The number of aromatic nitrogens is 1. The summed E-state index contributed by atoms with van der Waals surface area (Å²) in [6, 6.07) is 11.0. The van der Waals surface area contributed by atoms with Crippen molar-refractivity contribution in [1.82, 2.24) is 4.98 Å². The Morgan fingerprint density at radius 2 is 1.89 bits per heavy atom. The molecule has 0 saturated heterocycles. The summed E-state index contributed by atoms with van der Waals surface area (Å²) in [4.78, 5) is 27.2. The van der Waals surface area contributed by atoms with Crippen LogP contribution in [0.3, 0.4) is 0 Å². The summed E-state index contributed by atoms with van der Waals surface area (Å²) in [6.07, 6.45) is -3.92. The molecule has 146 valence electrons. The van der Waals surface area contributed by atoms with Gasteiger partial charge >= 0.3 is 6.18 Å². The Morgan fingerprint density at radius 3 is 2.61 bits per heavy atom. The zero-order valence-electron chi connectivity index (χ0n) is 14.9. The predicted octanol–water partition coefficient (Wildman–Crippen LogP) is 4.59. The Hall–Kier alpha value is -3.29. The fraction of sp³-hybridized carbons (Fsp3) is 0.200. The first-order valence-corrected chi connectivity index (χ1v) is 8.57. The van der Waals surface area contributed by atoms with Gasteiger partial charge in [0, 0.05) is 5.39 Å². The van der Waals surface area contributed by atoms with Gasteiger partial charge in [0.1, 0.15) is 11.4 Å². The summed E-state index contributed by atoms with van der Waals surface area (Å²) in [7, 11) is 0. The second-order valence-corrected chi connectivity index (χ2v) is 6.11. The molecule has 0 unspecified atom stereocenters. The van der Waals surface area contributed by atoms with E-state index in [9.17, 15) is 22.8 Å². The molecule has 0 aliphatic heterocycles. The molecule has 5 nitrogen and oxygen atoms in total. The minimum absolute atomic E-state index is 0.0671. The summed E-state index contributed by atoms with van der Waals surface area (Å²) < 4.78 is 44.5. The first-order chi connectivity index (χ1) is 13.3. The summed E-state index contributed by atoms with van der Waals surface area (Å²) >= 11 is 0. The molecule has 0 bridgehead atoms. The van der Waals surface area contributed by atoms with E-state index in [-0.39, 0.29) is 23.7 Å². The molecule has 2 N–H and O–H groups in total. The van der Waals surface area contributed by atoms with Gasteiger partial charge in [0.25, 0.3) is 11.5 Å². The molecular weight excluding hydrogens is 373 g/mol. The molecule has 0 fully saturated rings. The molecule has 8 heteroatoms. The van der Waals surface area contributed by atoms with E-state index < -0.39 is 23.2 Å². The highest BCUT2D eigenvalue weighted by molar-refractivity contribution is 6.05. The van der Waals surface area contributed by atoms with Crippen molar-refractivity contribution < 1.29 is 22.7 Å². The molecule has 1 aromatic heterocycles. The summed E-state index contributed by atoms with van der Waals surface area (Å²) in [5.74, 6) is -0.630. The van der Waals surface area contributed by atoms with Crippen LogP contribution >= 0.6 is 0 Å². The number of halogens is 3. The van der Waals surface area contributed by atoms with Crippen LogP contribution in [0.5, 0.6) is 5.75 Å². The van der Waals surface area contributed by atoms with E-state index in [0.717, 1.165) is 18.2 Å². The highest BCUT2D eigenvalue weighted by Crippen LogP contribution is 2.35. The fourth-order valence-corrected chi connectivity index (χ4v) is 2.66. The number of carbonyl (C=O) groups excluding carboxylic acids is 1. The van der Waals surface area contributed by atoms with Crippen molar-refractivity contribution in [3.8, 4) is 5.75 Å². The molecule has 1 amide bonds. The van der Waals surface area contributed by atoms with Gasteiger partial charge in [-0.15, -0.1) is 0 Å². The van der Waals surface area contributed by atoms with Crippen molar-refractivity contribution >= 4 is 22.4 Å². The average Bonchev–Trinajstić information content (AvgIpc) is 2.66. The number of aromatic amines is 1. The van der Waals surface area contributed by atoms with Crippen LogP contribution in [0.4, 0.5) is 18.9 Å². The molecule has 0 aliphatic rings. The summed E-state index contributed by atoms with van der Waals surface area (Å²) in [5, 5.41) is 3.36. The Bertz CT molecular complexity index is 1070. The van der Waals surface area contributed by atoms with Crippen LogP contribution in [0.25, 0.3) is 10.8 Å². The van der Waals surface area contributed by atoms with Crippen molar-refractivity contribution in [1.29, 1.82) is 0 Å². The molecule has 0 saturated carbocycles. The van der Waals surface area contributed by atoms with E-state index in [1.165, 1.54) is 6.07 Å². The lowest BCUT2D eigenvalue weighted by atomic mass is 10.1. The van der Waals surface area contributed by atoms with Crippen LogP contribution in [0.1, 0.15) is 29.4 Å². The van der Waals surface area contributed by atoms with E-state index in [1.807, 2.05) is 6.92 Å². The van der Waals surface area contributed by atoms with E-state index in [4.69, 9.17) is 4.74 Å². The zero-order chi connectivity index (χ0) is 20.3. The first kappa shape index (κ1) is 19.5. The van der Waals surface area contributed by atoms with E-state index in [2.05, 4.69) is 10.3 Å². The van der Waals surface area contributed by atoms with Gasteiger partial charge in [-0.25, -0.2) is 0 Å². The number of carbonyl (C=O) groups is 1. The SMILES string of the molecule is CCCOc1ccc(C(F)(F)F)cc1NC(=O)c1cc2ccccc2c(=O)[nH]1. The molecule has 0 atom stereocenters. The topological polar surface area (TPSA) is 71.2 Å². The van der Waals surface area contributed by atoms with Crippen LogP contribution in [-0.2, 0) is 6.18 Å². The van der Waals surface area contributed by atoms with Gasteiger partial charge < -0.3 is 15.0 Å². The Balaban J connectivity index is 1.97. The van der Waals surface area contributed by atoms with Crippen LogP contribution in [0, 0.1) is 0 Å². The average molecular weight is 390 g/mol. The van der Waals surface area contributed by atoms with Crippen LogP contribution in [0.15, 0.2) is 53.3 Å². The van der Waals surface area contributed by atoms with Crippen LogP contribution in [0.2, 0.25) is 0 Å². The Kier molecular flexibility index (Phi) is 5.39. The minimum Gasteiger partial charge on any atom is -0.491 e. The molecular formula is C20H17F3N2O3. The van der Waals surface area contributed by atoms with Crippen molar-refractivity contribution in [2.24, 2.45) is 0 Å². The highest BCUT2D eigenvalue weighted by atomic mass is 19.4. The quantitative estimate of drug-likeness (QED) is 0.670. The third-order valence-electron chi connectivity index (χ3n) is 4.01. The van der Waals surface area contributed by atoms with Crippen LogP contribution in [-0.4, -0.2) is 17.5 Å². The number of alkyl halides is 3. The molecule has 0 aliphatic carbocycles.